The summed E-state index contributed by atoms with van der Waals surface area (Å²) in [5.74, 6) is 0.153. The Kier molecular flexibility index (Phi) is 8.80. The van der Waals surface area contributed by atoms with E-state index in [9.17, 15) is 4.79 Å². The fourth-order valence-corrected chi connectivity index (χ4v) is 4.29. The lowest BCUT2D eigenvalue weighted by atomic mass is 9.83. The number of methoxy groups -OCH3 is 1. The molecule has 0 N–H and O–H groups in total. The van der Waals surface area contributed by atoms with Crippen LogP contribution in [0.3, 0.4) is 0 Å². The van der Waals surface area contributed by atoms with Crippen LogP contribution in [0, 0.1) is 5.92 Å². The van der Waals surface area contributed by atoms with Gasteiger partial charge < -0.3 is 9.47 Å². The van der Waals surface area contributed by atoms with E-state index in [1.807, 2.05) is 54.6 Å². The molecule has 0 radical (unpaired) electrons. The number of carbonyl (C=O) groups is 1. The number of halogens is 2. The molecular weight excluding hydrogens is 419 g/mol. The van der Waals surface area contributed by atoms with Gasteiger partial charge in [-0.2, -0.15) is 0 Å². The Labute approximate surface area is 189 Å². The minimum absolute atomic E-state index is 0.168. The molecule has 3 nitrogen and oxygen atoms in total. The number of hydrogen-bond donors (Lipinski definition) is 0. The Bertz CT molecular complexity index is 785. The van der Waals surface area contributed by atoms with Crippen molar-refractivity contribution >= 4 is 29.2 Å². The second-order valence-corrected chi connectivity index (χ2v) is 8.58. The standard InChI is InChI=1S/C25H28Cl2O3/c1-29-24(28)9-5-3-7-18-6-2-4-8-23(18)30-25(19-10-14-21(26)15-11-19)20-12-16-22(27)17-13-20/h5,9-18,23,25H,2-4,6-8H2,1H3. The molecule has 0 saturated heterocycles. The van der Waals surface area contributed by atoms with E-state index in [2.05, 4.69) is 4.74 Å². The Hall–Kier alpha value is -1.81. The zero-order valence-corrected chi connectivity index (χ0v) is 18.7. The molecule has 0 amide bonds. The third kappa shape index (κ3) is 6.60. The van der Waals surface area contributed by atoms with Gasteiger partial charge in [0, 0.05) is 16.1 Å². The molecule has 2 aromatic rings. The third-order valence-electron chi connectivity index (χ3n) is 5.65. The minimum Gasteiger partial charge on any atom is -0.466 e. The molecule has 0 heterocycles. The molecule has 0 aliphatic heterocycles. The Morgan fingerprint density at radius 1 is 1.00 bits per heavy atom. The van der Waals surface area contributed by atoms with E-state index >= 15 is 0 Å². The van der Waals surface area contributed by atoms with Gasteiger partial charge >= 0.3 is 5.97 Å². The fourth-order valence-electron chi connectivity index (χ4n) is 4.04. The highest BCUT2D eigenvalue weighted by molar-refractivity contribution is 6.30. The summed E-state index contributed by atoms with van der Waals surface area (Å²) in [6.45, 7) is 0. The summed E-state index contributed by atoms with van der Waals surface area (Å²) in [6, 6.07) is 15.7. The number of carbonyl (C=O) groups excluding carboxylic acids is 1. The maximum Gasteiger partial charge on any atom is 0.330 e. The van der Waals surface area contributed by atoms with Crippen molar-refractivity contribution < 1.29 is 14.3 Å². The first-order valence-corrected chi connectivity index (χ1v) is 11.2. The molecule has 1 saturated carbocycles. The first-order chi connectivity index (χ1) is 14.6. The van der Waals surface area contributed by atoms with Crippen molar-refractivity contribution in [2.75, 3.05) is 7.11 Å². The first kappa shape index (κ1) is 22.9. The quantitative estimate of drug-likeness (QED) is 0.318. The van der Waals surface area contributed by atoms with Gasteiger partial charge in [-0.3, -0.25) is 0 Å². The van der Waals surface area contributed by atoms with E-state index < -0.39 is 0 Å². The van der Waals surface area contributed by atoms with Crippen molar-refractivity contribution in [2.45, 2.75) is 50.7 Å². The maximum atomic E-state index is 11.3. The zero-order valence-electron chi connectivity index (χ0n) is 17.2. The Morgan fingerprint density at radius 2 is 1.57 bits per heavy atom. The van der Waals surface area contributed by atoms with Gasteiger partial charge in [-0.15, -0.1) is 0 Å². The zero-order chi connectivity index (χ0) is 21.3. The third-order valence-corrected chi connectivity index (χ3v) is 6.16. The SMILES string of the molecule is COC(=O)C=CCCC1CCCCC1OC(c1ccc(Cl)cc1)c1ccc(Cl)cc1. The topological polar surface area (TPSA) is 35.5 Å². The molecule has 1 fully saturated rings. The van der Waals surface area contributed by atoms with E-state index in [0.717, 1.165) is 36.8 Å². The molecule has 5 heteroatoms. The fraction of sp³-hybridized carbons (Fsp3) is 0.400. The van der Waals surface area contributed by atoms with Gasteiger partial charge in [-0.05, 0) is 67.0 Å². The molecule has 160 valence electrons. The van der Waals surface area contributed by atoms with Crippen LogP contribution in [0.25, 0.3) is 0 Å². The summed E-state index contributed by atoms with van der Waals surface area (Å²) < 4.78 is 11.4. The van der Waals surface area contributed by atoms with Crippen LogP contribution in [0.2, 0.25) is 10.0 Å². The average molecular weight is 447 g/mol. The molecule has 1 aliphatic rings. The van der Waals surface area contributed by atoms with E-state index in [0.29, 0.717) is 16.0 Å². The number of ether oxygens (including phenoxy) is 2. The summed E-state index contributed by atoms with van der Waals surface area (Å²) in [4.78, 5) is 11.3. The highest BCUT2D eigenvalue weighted by atomic mass is 35.5. The van der Waals surface area contributed by atoms with Crippen LogP contribution in [0.5, 0.6) is 0 Å². The van der Waals surface area contributed by atoms with Crippen LogP contribution in [-0.4, -0.2) is 19.2 Å². The van der Waals surface area contributed by atoms with Crippen molar-refractivity contribution in [1.82, 2.24) is 0 Å². The van der Waals surface area contributed by atoms with Crippen molar-refractivity contribution in [1.29, 1.82) is 0 Å². The molecule has 3 rings (SSSR count). The number of allylic oxidation sites excluding steroid dienone is 1. The number of esters is 1. The second kappa shape index (κ2) is 11.5. The summed E-state index contributed by atoms with van der Waals surface area (Å²) in [5.41, 5.74) is 2.16. The lowest BCUT2D eigenvalue weighted by Gasteiger charge is -2.35. The van der Waals surface area contributed by atoms with Crippen LogP contribution in [0.1, 0.15) is 55.8 Å². The molecule has 0 bridgehead atoms. The van der Waals surface area contributed by atoms with Gasteiger partial charge in [0.2, 0.25) is 0 Å². The van der Waals surface area contributed by atoms with E-state index in [-0.39, 0.29) is 18.2 Å². The Morgan fingerprint density at radius 3 is 2.13 bits per heavy atom. The van der Waals surface area contributed by atoms with Crippen molar-refractivity contribution in [3.05, 3.63) is 81.9 Å². The highest BCUT2D eigenvalue weighted by Crippen LogP contribution is 2.37. The van der Waals surface area contributed by atoms with Crippen LogP contribution < -0.4 is 0 Å². The molecule has 1 aliphatic carbocycles. The van der Waals surface area contributed by atoms with E-state index in [4.69, 9.17) is 27.9 Å². The van der Waals surface area contributed by atoms with Crippen LogP contribution in [0.4, 0.5) is 0 Å². The van der Waals surface area contributed by atoms with Gasteiger partial charge in [0.25, 0.3) is 0 Å². The largest absolute Gasteiger partial charge is 0.466 e. The number of hydrogen-bond acceptors (Lipinski definition) is 3. The molecule has 30 heavy (non-hydrogen) atoms. The smallest absolute Gasteiger partial charge is 0.330 e. The monoisotopic (exact) mass is 446 g/mol. The second-order valence-electron chi connectivity index (χ2n) is 7.71. The molecule has 0 spiro atoms. The van der Waals surface area contributed by atoms with Gasteiger partial charge in [0.05, 0.1) is 13.2 Å². The van der Waals surface area contributed by atoms with Crippen LogP contribution in [0.15, 0.2) is 60.7 Å². The summed E-state index contributed by atoms with van der Waals surface area (Å²) in [5, 5.41) is 1.42. The minimum atomic E-state index is -0.308. The van der Waals surface area contributed by atoms with Gasteiger partial charge in [0.1, 0.15) is 6.10 Å². The van der Waals surface area contributed by atoms with Crippen molar-refractivity contribution in [3.8, 4) is 0 Å². The average Bonchev–Trinajstić information content (AvgIpc) is 2.77. The van der Waals surface area contributed by atoms with Gasteiger partial charge in [0.15, 0.2) is 0 Å². The summed E-state index contributed by atoms with van der Waals surface area (Å²) in [7, 11) is 1.39. The lowest BCUT2D eigenvalue weighted by molar-refractivity contribution is -0.134. The number of rotatable bonds is 8. The predicted molar refractivity (Wildman–Crippen MR) is 122 cm³/mol. The van der Waals surface area contributed by atoms with Crippen molar-refractivity contribution in [2.24, 2.45) is 5.92 Å². The molecule has 0 aromatic heterocycles. The normalized spacial score (nSPS) is 19.3. The van der Waals surface area contributed by atoms with E-state index in [1.165, 1.54) is 26.0 Å². The predicted octanol–water partition coefficient (Wildman–Crippen LogP) is 7.17. The molecule has 2 aromatic carbocycles. The van der Waals surface area contributed by atoms with E-state index in [1.54, 1.807) is 0 Å². The first-order valence-electron chi connectivity index (χ1n) is 10.5. The van der Waals surface area contributed by atoms with Gasteiger partial charge in [-0.1, -0.05) is 66.4 Å². The summed E-state index contributed by atoms with van der Waals surface area (Å²) in [6.07, 6.45) is 9.81. The van der Waals surface area contributed by atoms with Crippen LogP contribution in [-0.2, 0) is 14.3 Å². The molecule has 2 atom stereocenters. The maximum absolute atomic E-state index is 11.3. The highest BCUT2D eigenvalue weighted by Gasteiger charge is 2.29. The summed E-state index contributed by atoms with van der Waals surface area (Å²) >= 11 is 12.2. The number of benzene rings is 2. The van der Waals surface area contributed by atoms with Crippen LogP contribution >= 0.6 is 23.2 Å². The van der Waals surface area contributed by atoms with Crippen molar-refractivity contribution in [3.63, 3.8) is 0 Å². The lowest BCUT2D eigenvalue weighted by Crippen LogP contribution is -2.29. The Balaban J connectivity index is 1.75. The molecular formula is C25H28Cl2O3. The molecule has 2 unspecified atom stereocenters. The van der Waals surface area contributed by atoms with Gasteiger partial charge in [-0.25, -0.2) is 4.79 Å².